The molecule has 0 aliphatic heterocycles. The van der Waals surface area contributed by atoms with Crippen LogP contribution in [-0.2, 0) is 9.53 Å². The Morgan fingerprint density at radius 3 is 2.23 bits per heavy atom. The van der Waals surface area contributed by atoms with Gasteiger partial charge in [-0.05, 0) is 28.7 Å². The van der Waals surface area contributed by atoms with Crippen molar-refractivity contribution in [1.29, 1.82) is 0 Å². The summed E-state index contributed by atoms with van der Waals surface area (Å²) in [7, 11) is 0. The maximum atomic E-state index is 12.1. The predicted molar refractivity (Wildman–Crippen MR) is 99.1 cm³/mol. The van der Waals surface area contributed by atoms with Gasteiger partial charge in [0.1, 0.15) is 12.6 Å². The molecule has 26 heavy (non-hydrogen) atoms. The number of amides is 1. The van der Waals surface area contributed by atoms with Gasteiger partial charge in [0.2, 0.25) is 0 Å². The minimum Gasteiger partial charge on any atom is -0.479 e. The van der Waals surface area contributed by atoms with Gasteiger partial charge in [0.05, 0.1) is 0 Å². The van der Waals surface area contributed by atoms with Crippen LogP contribution in [0, 0.1) is 0 Å². The van der Waals surface area contributed by atoms with E-state index in [4.69, 9.17) is 9.84 Å². The fourth-order valence-electron chi connectivity index (χ4n) is 3.23. The first-order chi connectivity index (χ1) is 12.6. The van der Waals surface area contributed by atoms with Crippen molar-refractivity contribution in [3.63, 3.8) is 0 Å². The molecule has 5 heteroatoms. The number of alkyl carbamates (subject to hydrolysis) is 1. The molecule has 0 saturated heterocycles. The maximum Gasteiger partial charge on any atom is 0.408 e. The average Bonchev–Trinajstić information content (AvgIpc) is 2.97. The van der Waals surface area contributed by atoms with Gasteiger partial charge in [0.15, 0.2) is 0 Å². The van der Waals surface area contributed by atoms with Crippen LogP contribution in [0.1, 0.15) is 30.4 Å². The van der Waals surface area contributed by atoms with E-state index in [1.807, 2.05) is 43.3 Å². The number of nitrogens with one attached hydrogen (secondary N) is 1. The molecule has 1 amide bonds. The van der Waals surface area contributed by atoms with Crippen LogP contribution in [0.3, 0.4) is 0 Å². The van der Waals surface area contributed by atoms with E-state index in [1.54, 1.807) is 6.08 Å². The Morgan fingerprint density at radius 2 is 1.69 bits per heavy atom. The summed E-state index contributed by atoms with van der Waals surface area (Å²) in [6.45, 7) is 2.05. The molecule has 0 fully saturated rings. The number of aliphatic carboxylic acids is 1. The number of rotatable bonds is 6. The van der Waals surface area contributed by atoms with Crippen LogP contribution >= 0.6 is 0 Å². The average molecular weight is 351 g/mol. The smallest absolute Gasteiger partial charge is 0.408 e. The summed E-state index contributed by atoms with van der Waals surface area (Å²) in [4.78, 5) is 23.3. The first-order valence-corrected chi connectivity index (χ1v) is 8.62. The molecule has 0 saturated carbocycles. The molecule has 5 nitrogen and oxygen atoms in total. The van der Waals surface area contributed by atoms with Gasteiger partial charge in [0, 0.05) is 5.92 Å². The maximum absolute atomic E-state index is 12.1. The van der Waals surface area contributed by atoms with E-state index >= 15 is 0 Å². The van der Waals surface area contributed by atoms with Gasteiger partial charge in [-0.15, -0.1) is 0 Å². The number of benzene rings is 2. The molecule has 1 aliphatic rings. The lowest BCUT2D eigenvalue weighted by molar-refractivity contribution is -0.138. The van der Waals surface area contributed by atoms with E-state index in [2.05, 4.69) is 17.4 Å². The Bertz CT molecular complexity index is 798. The van der Waals surface area contributed by atoms with Crippen LogP contribution in [0.15, 0.2) is 60.7 Å². The number of carboxylic acids is 1. The molecule has 134 valence electrons. The minimum absolute atomic E-state index is 0.0531. The SMILES string of the molecule is CC/C=C/C(NC(=O)OCC1c2ccccc2-c2ccccc21)C(=O)O. The van der Waals surface area contributed by atoms with E-state index in [0.29, 0.717) is 6.42 Å². The van der Waals surface area contributed by atoms with Gasteiger partial charge in [-0.25, -0.2) is 9.59 Å². The summed E-state index contributed by atoms with van der Waals surface area (Å²) in [5.74, 6) is -1.18. The van der Waals surface area contributed by atoms with Gasteiger partial charge >= 0.3 is 12.1 Å². The third-order valence-corrected chi connectivity index (χ3v) is 4.45. The third kappa shape index (κ3) is 3.61. The number of hydrogen-bond donors (Lipinski definition) is 2. The van der Waals surface area contributed by atoms with E-state index in [9.17, 15) is 9.59 Å². The highest BCUT2D eigenvalue weighted by molar-refractivity contribution is 5.82. The Kier molecular flexibility index (Phi) is 5.37. The topological polar surface area (TPSA) is 75.6 Å². The normalized spacial score (nSPS) is 13.9. The van der Waals surface area contributed by atoms with Crippen LogP contribution < -0.4 is 5.32 Å². The summed E-state index contributed by atoms with van der Waals surface area (Å²) in [5, 5.41) is 11.5. The quantitative estimate of drug-likeness (QED) is 0.773. The molecular formula is C21H21NO4. The van der Waals surface area contributed by atoms with Crippen molar-refractivity contribution < 1.29 is 19.4 Å². The lowest BCUT2D eigenvalue weighted by Crippen LogP contribution is -2.40. The zero-order valence-electron chi connectivity index (χ0n) is 14.5. The second-order valence-electron chi connectivity index (χ2n) is 6.12. The monoisotopic (exact) mass is 351 g/mol. The molecule has 1 unspecified atom stereocenters. The highest BCUT2D eigenvalue weighted by atomic mass is 16.5. The van der Waals surface area contributed by atoms with Crippen LogP contribution in [0.25, 0.3) is 11.1 Å². The molecule has 2 aromatic carbocycles. The van der Waals surface area contributed by atoms with E-state index in [1.165, 1.54) is 6.08 Å². The number of carboxylic acid groups (broad SMARTS) is 1. The summed E-state index contributed by atoms with van der Waals surface area (Å²) < 4.78 is 5.35. The van der Waals surface area contributed by atoms with Crippen molar-refractivity contribution in [3.8, 4) is 11.1 Å². The highest BCUT2D eigenvalue weighted by Gasteiger charge is 2.29. The van der Waals surface area contributed by atoms with E-state index < -0.39 is 18.1 Å². The largest absolute Gasteiger partial charge is 0.479 e. The van der Waals surface area contributed by atoms with E-state index in [0.717, 1.165) is 22.3 Å². The zero-order valence-corrected chi connectivity index (χ0v) is 14.5. The number of carbonyl (C=O) groups excluding carboxylic acids is 1. The second-order valence-corrected chi connectivity index (χ2v) is 6.12. The molecular weight excluding hydrogens is 330 g/mol. The number of carbonyl (C=O) groups is 2. The van der Waals surface area contributed by atoms with E-state index in [-0.39, 0.29) is 12.5 Å². The van der Waals surface area contributed by atoms with Crippen molar-refractivity contribution in [2.24, 2.45) is 0 Å². The molecule has 2 N–H and O–H groups in total. The van der Waals surface area contributed by atoms with Crippen molar-refractivity contribution in [3.05, 3.63) is 71.8 Å². The number of fused-ring (bicyclic) bond motifs is 3. The Balaban J connectivity index is 1.71. The highest BCUT2D eigenvalue weighted by Crippen LogP contribution is 2.44. The van der Waals surface area contributed by atoms with Crippen LogP contribution in [0.5, 0.6) is 0 Å². The number of allylic oxidation sites excluding steroid dienone is 1. The van der Waals surface area contributed by atoms with Gasteiger partial charge in [-0.1, -0.05) is 67.6 Å². The second kappa shape index (κ2) is 7.87. The number of ether oxygens (including phenoxy) is 1. The summed E-state index contributed by atoms with van der Waals surface area (Å²) in [5.41, 5.74) is 4.52. The Hall–Kier alpha value is -3.08. The van der Waals surface area contributed by atoms with Crippen molar-refractivity contribution >= 4 is 12.1 Å². The van der Waals surface area contributed by atoms with Gasteiger partial charge in [0.25, 0.3) is 0 Å². The Morgan fingerprint density at radius 1 is 1.12 bits per heavy atom. The molecule has 1 atom stereocenters. The van der Waals surface area contributed by atoms with Crippen molar-refractivity contribution in [2.75, 3.05) is 6.61 Å². The molecule has 0 heterocycles. The summed E-state index contributed by atoms with van der Waals surface area (Å²) in [6, 6.07) is 15.0. The van der Waals surface area contributed by atoms with Gasteiger partial charge in [-0.2, -0.15) is 0 Å². The lowest BCUT2D eigenvalue weighted by atomic mass is 9.98. The minimum atomic E-state index is -1.12. The van der Waals surface area contributed by atoms with Crippen LogP contribution in [0.2, 0.25) is 0 Å². The molecule has 0 radical (unpaired) electrons. The zero-order chi connectivity index (χ0) is 18.5. The lowest BCUT2D eigenvalue weighted by Gasteiger charge is -2.16. The molecule has 0 spiro atoms. The first-order valence-electron chi connectivity index (χ1n) is 8.62. The van der Waals surface area contributed by atoms with Crippen LogP contribution in [-0.4, -0.2) is 29.8 Å². The number of hydrogen-bond acceptors (Lipinski definition) is 3. The van der Waals surface area contributed by atoms with Crippen molar-refractivity contribution in [1.82, 2.24) is 5.32 Å². The van der Waals surface area contributed by atoms with Crippen LogP contribution in [0.4, 0.5) is 4.79 Å². The molecule has 1 aliphatic carbocycles. The standard InChI is InChI=1S/C21H21NO4/c1-2-3-12-19(20(23)24)22-21(25)26-13-18-16-10-6-4-8-14(16)15-9-5-7-11-17(15)18/h3-12,18-19H,2,13H2,1H3,(H,22,25)(H,23,24)/b12-3+. The Labute approximate surface area is 152 Å². The fourth-order valence-corrected chi connectivity index (χ4v) is 3.23. The van der Waals surface area contributed by atoms with Gasteiger partial charge in [-0.3, -0.25) is 0 Å². The first kappa shape index (κ1) is 17.7. The molecule has 3 rings (SSSR count). The van der Waals surface area contributed by atoms with Gasteiger partial charge < -0.3 is 15.2 Å². The summed E-state index contributed by atoms with van der Waals surface area (Å²) in [6.07, 6.45) is 3.10. The molecule has 0 bridgehead atoms. The van der Waals surface area contributed by atoms with Crippen molar-refractivity contribution in [2.45, 2.75) is 25.3 Å². The fraction of sp³-hybridized carbons (Fsp3) is 0.238. The summed E-state index contributed by atoms with van der Waals surface area (Å²) >= 11 is 0. The molecule has 0 aromatic heterocycles. The molecule has 2 aromatic rings. The predicted octanol–water partition coefficient (Wildman–Crippen LogP) is 3.94. The third-order valence-electron chi connectivity index (χ3n) is 4.45.